The maximum absolute atomic E-state index is 12.8. The molecule has 1 aromatic rings. The van der Waals surface area contributed by atoms with Crippen molar-refractivity contribution in [2.24, 2.45) is 0 Å². The van der Waals surface area contributed by atoms with Crippen molar-refractivity contribution in [1.82, 2.24) is 10.2 Å². The molecule has 0 spiro atoms. The molecule has 2 unspecified atom stereocenters. The van der Waals surface area contributed by atoms with Gasteiger partial charge in [-0.1, -0.05) is 24.3 Å². The number of carbonyl (C=O) groups is 1. The molecule has 2 atom stereocenters. The Morgan fingerprint density at radius 2 is 2.21 bits per heavy atom. The summed E-state index contributed by atoms with van der Waals surface area (Å²) in [5.74, 6) is 0.423. The number of amides is 1. The van der Waals surface area contributed by atoms with Gasteiger partial charge >= 0.3 is 0 Å². The number of fused-ring (bicyclic) bond motifs is 1. The first kappa shape index (κ1) is 12.7. The average molecular weight is 258 g/mol. The lowest BCUT2D eigenvalue weighted by atomic mass is 9.82. The van der Waals surface area contributed by atoms with E-state index in [9.17, 15) is 4.79 Å². The molecule has 2 aliphatic rings. The van der Waals surface area contributed by atoms with Gasteiger partial charge in [0.2, 0.25) is 5.91 Å². The molecule has 1 fully saturated rings. The lowest BCUT2D eigenvalue weighted by Gasteiger charge is -2.37. The van der Waals surface area contributed by atoms with Crippen LogP contribution < -0.4 is 5.32 Å². The first-order chi connectivity index (χ1) is 9.27. The smallest absolute Gasteiger partial charge is 0.230 e. The third-order valence-corrected chi connectivity index (χ3v) is 4.45. The molecular formula is C16H22N2O. The molecule has 3 nitrogen and oxygen atoms in total. The monoisotopic (exact) mass is 258 g/mol. The van der Waals surface area contributed by atoms with Gasteiger partial charge in [0.15, 0.2) is 0 Å². The zero-order valence-electron chi connectivity index (χ0n) is 11.6. The van der Waals surface area contributed by atoms with Crippen molar-refractivity contribution in [1.29, 1.82) is 0 Å². The number of carbonyl (C=O) groups excluding carboxylic acids is 1. The van der Waals surface area contributed by atoms with Gasteiger partial charge in [0.25, 0.3) is 0 Å². The minimum Gasteiger partial charge on any atom is -0.337 e. The molecule has 0 aromatic heterocycles. The van der Waals surface area contributed by atoms with Crippen LogP contribution in [0.1, 0.15) is 36.8 Å². The molecule has 1 aliphatic heterocycles. The van der Waals surface area contributed by atoms with Gasteiger partial charge in [-0.2, -0.15) is 0 Å². The van der Waals surface area contributed by atoms with Gasteiger partial charge in [-0.3, -0.25) is 4.79 Å². The second-order valence-corrected chi connectivity index (χ2v) is 5.73. The van der Waals surface area contributed by atoms with Crippen LogP contribution in [0.15, 0.2) is 24.3 Å². The third kappa shape index (κ3) is 2.39. The number of nitrogens with zero attached hydrogens (tertiary/aromatic N) is 1. The maximum Gasteiger partial charge on any atom is 0.230 e. The van der Waals surface area contributed by atoms with Gasteiger partial charge in [0.1, 0.15) is 0 Å². The third-order valence-electron chi connectivity index (χ3n) is 4.45. The highest BCUT2D eigenvalue weighted by molar-refractivity contribution is 5.84. The molecule has 1 aromatic carbocycles. The molecule has 3 rings (SSSR count). The SMILES string of the molecule is CC1CNCCN1C(=O)C1CCCc2ccccc21. The van der Waals surface area contributed by atoms with Crippen LogP contribution in [-0.4, -0.2) is 36.5 Å². The van der Waals surface area contributed by atoms with Crippen LogP contribution in [0.3, 0.4) is 0 Å². The largest absolute Gasteiger partial charge is 0.337 e. The van der Waals surface area contributed by atoms with Crippen molar-refractivity contribution in [2.45, 2.75) is 38.1 Å². The standard InChI is InChI=1S/C16H22N2O/c1-12-11-17-9-10-18(12)16(19)15-8-4-6-13-5-2-3-7-14(13)15/h2-3,5,7,12,15,17H,4,6,8-11H2,1H3. The van der Waals surface area contributed by atoms with E-state index < -0.39 is 0 Å². The number of nitrogens with one attached hydrogen (secondary N) is 1. The molecule has 1 heterocycles. The Bertz CT molecular complexity index is 472. The maximum atomic E-state index is 12.8. The molecule has 19 heavy (non-hydrogen) atoms. The van der Waals surface area contributed by atoms with E-state index in [2.05, 4.69) is 41.4 Å². The Balaban J connectivity index is 1.84. The van der Waals surface area contributed by atoms with E-state index in [0.717, 1.165) is 38.9 Å². The Morgan fingerprint density at radius 3 is 3.05 bits per heavy atom. The van der Waals surface area contributed by atoms with Gasteiger partial charge in [-0.15, -0.1) is 0 Å². The van der Waals surface area contributed by atoms with Crippen LogP contribution in [0, 0.1) is 0 Å². The van der Waals surface area contributed by atoms with Gasteiger partial charge in [0.05, 0.1) is 5.92 Å². The normalized spacial score (nSPS) is 26.9. The predicted octanol–water partition coefficient (Wildman–Crippen LogP) is 1.93. The number of hydrogen-bond donors (Lipinski definition) is 1. The lowest BCUT2D eigenvalue weighted by Crippen LogP contribution is -2.53. The van der Waals surface area contributed by atoms with E-state index in [1.807, 2.05) is 0 Å². The van der Waals surface area contributed by atoms with Crippen LogP contribution in [0.2, 0.25) is 0 Å². The van der Waals surface area contributed by atoms with Gasteiger partial charge in [-0.25, -0.2) is 0 Å². The Labute approximate surface area is 115 Å². The first-order valence-electron chi connectivity index (χ1n) is 7.36. The van der Waals surface area contributed by atoms with Crippen LogP contribution in [-0.2, 0) is 11.2 Å². The number of hydrogen-bond acceptors (Lipinski definition) is 2. The summed E-state index contributed by atoms with van der Waals surface area (Å²) in [6.07, 6.45) is 3.26. The molecule has 3 heteroatoms. The first-order valence-corrected chi connectivity index (χ1v) is 7.36. The minimum absolute atomic E-state index is 0.0884. The summed E-state index contributed by atoms with van der Waals surface area (Å²) in [4.78, 5) is 14.9. The van der Waals surface area contributed by atoms with Crippen LogP contribution >= 0.6 is 0 Å². The number of benzene rings is 1. The fourth-order valence-corrected chi connectivity index (χ4v) is 3.38. The summed E-state index contributed by atoms with van der Waals surface area (Å²) in [7, 11) is 0. The molecule has 0 saturated carbocycles. The number of aryl methyl sites for hydroxylation is 1. The molecule has 102 valence electrons. The highest BCUT2D eigenvalue weighted by Gasteiger charge is 2.32. The summed E-state index contributed by atoms with van der Waals surface area (Å²) in [6, 6.07) is 8.78. The quantitative estimate of drug-likeness (QED) is 0.835. The van der Waals surface area contributed by atoms with Crippen molar-refractivity contribution in [3.8, 4) is 0 Å². The highest BCUT2D eigenvalue weighted by atomic mass is 16.2. The summed E-state index contributed by atoms with van der Waals surface area (Å²) >= 11 is 0. The van der Waals surface area contributed by atoms with Crippen LogP contribution in [0.5, 0.6) is 0 Å². The van der Waals surface area contributed by atoms with Crippen molar-refractivity contribution in [2.75, 3.05) is 19.6 Å². The zero-order valence-corrected chi connectivity index (χ0v) is 11.6. The van der Waals surface area contributed by atoms with Gasteiger partial charge in [-0.05, 0) is 37.3 Å². The van der Waals surface area contributed by atoms with E-state index in [4.69, 9.17) is 0 Å². The Morgan fingerprint density at radius 1 is 1.37 bits per heavy atom. The van der Waals surface area contributed by atoms with Gasteiger partial charge in [0, 0.05) is 25.7 Å². The number of rotatable bonds is 1. The molecular weight excluding hydrogens is 236 g/mol. The van der Waals surface area contributed by atoms with Crippen molar-refractivity contribution < 1.29 is 4.79 Å². The van der Waals surface area contributed by atoms with E-state index in [1.54, 1.807) is 0 Å². The van der Waals surface area contributed by atoms with Crippen LogP contribution in [0.25, 0.3) is 0 Å². The van der Waals surface area contributed by atoms with Gasteiger partial charge < -0.3 is 10.2 Å². The second kappa shape index (κ2) is 5.33. The molecule has 1 amide bonds. The van der Waals surface area contributed by atoms with Crippen LogP contribution in [0.4, 0.5) is 0 Å². The summed E-state index contributed by atoms with van der Waals surface area (Å²) < 4.78 is 0. The predicted molar refractivity (Wildman–Crippen MR) is 76.2 cm³/mol. The second-order valence-electron chi connectivity index (χ2n) is 5.73. The molecule has 0 radical (unpaired) electrons. The van der Waals surface area contributed by atoms with E-state index in [1.165, 1.54) is 11.1 Å². The van der Waals surface area contributed by atoms with E-state index in [0.29, 0.717) is 11.9 Å². The average Bonchev–Trinajstić information content (AvgIpc) is 2.46. The summed E-state index contributed by atoms with van der Waals surface area (Å²) in [6.45, 7) is 4.82. The molecule has 1 N–H and O–H groups in total. The number of piperazine rings is 1. The zero-order chi connectivity index (χ0) is 13.2. The summed E-state index contributed by atoms with van der Waals surface area (Å²) in [5.41, 5.74) is 2.64. The van der Waals surface area contributed by atoms with E-state index in [-0.39, 0.29) is 5.92 Å². The minimum atomic E-state index is 0.0884. The fraction of sp³-hybridized carbons (Fsp3) is 0.562. The Hall–Kier alpha value is -1.35. The molecule has 1 aliphatic carbocycles. The topological polar surface area (TPSA) is 32.3 Å². The lowest BCUT2D eigenvalue weighted by molar-refractivity contribution is -0.136. The van der Waals surface area contributed by atoms with E-state index >= 15 is 0 Å². The summed E-state index contributed by atoms with van der Waals surface area (Å²) in [5, 5.41) is 3.35. The van der Waals surface area contributed by atoms with Crippen molar-refractivity contribution >= 4 is 5.91 Å². The van der Waals surface area contributed by atoms with Crippen molar-refractivity contribution in [3.05, 3.63) is 35.4 Å². The molecule has 0 bridgehead atoms. The highest BCUT2D eigenvalue weighted by Crippen LogP contribution is 2.33. The van der Waals surface area contributed by atoms with Crippen molar-refractivity contribution in [3.63, 3.8) is 0 Å². The molecule has 1 saturated heterocycles. The Kier molecular flexibility index (Phi) is 3.56. The fourth-order valence-electron chi connectivity index (χ4n) is 3.38.